The zero-order valence-corrected chi connectivity index (χ0v) is 13.0. The molecule has 1 atom stereocenters. The van der Waals surface area contributed by atoms with Crippen molar-refractivity contribution in [2.24, 2.45) is 0 Å². The number of rotatable bonds is 3. The van der Waals surface area contributed by atoms with E-state index in [1.54, 1.807) is 7.11 Å². The molecule has 2 nitrogen and oxygen atoms in total. The fourth-order valence-electron chi connectivity index (χ4n) is 2.72. The van der Waals surface area contributed by atoms with Crippen LogP contribution in [0.1, 0.15) is 49.7 Å². The lowest BCUT2D eigenvalue weighted by Gasteiger charge is -2.26. The first-order valence-corrected chi connectivity index (χ1v) is 7.50. The number of hydrogen-bond donors (Lipinski definition) is 1. The molecule has 0 amide bonds. The normalized spacial score (nSPS) is 20.2. The largest absolute Gasteiger partial charge is 0.496 e. The first-order chi connectivity index (χ1) is 8.63. The Morgan fingerprint density at radius 1 is 1.39 bits per heavy atom. The van der Waals surface area contributed by atoms with E-state index in [2.05, 4.69) is 47.2 Å². The van der Waals surface area contributed by atoms with E-state index in [9.17, 15) is 0 Å². The van der Waals surface area contributed by atoms with Gasteiger partial charge in [-0.05, 0) is 48.6 Å². The number of nitrogens with one attached hydrogen (secondary N) is 1. The topological polar surface area (TPSA) is 21.3 Å². The van der Waals surface area contributed by atoms with Gasteiger partial charge in [0.1, 0.15) is 5.75 Å². The zero-order chi connectivity index (χ0) is 13.1. The fraction of sp³-hybridized carbons (Fsp3) is 0.600. The number of benzene rings is 1. The SMILES string of the molecule is COc1c(C(C)C)cc(Br)cc1C1CCCNC1. The van der Waals surface area contributed by atoms with Crippen LogP contribution in [-0.2, 0) is 0 Å². The maximum absolute atomic E-state index is 5.70. The average molecular weight is 312 g/mol. The third-order valence-electron chi connectivity index (χ3n) is 3.67. The van der Waals surface area contributed by atoms with Gasteiger partial charge in [0.15, 0.2) is 0 Å². The molecular weight excluding hydrogens is 290 g/mol. The van der Waals surface area contributed by atoms with E-state index in [-0.39, 0.29) is 0 Å². The minimum absolute atomic E-state index is 0.479. The van der Waals surface area contributed by atoms with Crippen LogP contribution in [0.3, 0.4) is 0 Å². The van der Waals surface area contributed by atoms with Crippen molar-refractivity contribution < 1.29 is 4.74 Å². The molecule has 1 aromatic rings. The van der Waals surface area contributed by atoms with Crippen LogP contribution in [0, 0.1) is 0 Å². The number of piperidine rings is 1. The Morgan fingerprint density at radius 2 is 2.17 bits per heavy atom. The Hall–Kier alpha value is -0.540. The van der Waals surface area contributed by atoms with Gasteiger partial charge in [0.2, 0.25) is 0 Å². The Kier molecular flexibility index (Phi) is 4.68. The minimum Gasteiger partial charge on any atom is -0.496 e. The van der Waals surface area contributed by atoms with Crippen molar-refractivity contribution in [3.63, 3.8) is 0 Å². The van der Waals surface area contributed by atoms with E-state index in [4.69, 9.17) is 4.74 Å². The molecule has 100 valence electrons. The molecule has 1 heterocycles. The molecule has 18 heavy (non-hydrogen) atoms. The van der Waals surface area contributed by atoms with Crippen molar-refractivity contribution in [2.75, 3.05) is 20.2 Å². The van der Waals surface area contributed by atoms with E-state index in [1.165, 1.54) is 24.0 Å². The molecule has 1 aliphatic rings. The van der Waals surface area contributed by atoms with E-state index in [1.807, 2.05) is 0 Å². The van der Waals surface area contributed by atoms with E-state index in [0.29, 0.717) is 11.8 Å². The zero-order valence-electron chi connectivity index (χ0n) is 11.4. The average Bonchev–Trinajstić information content (AvgIpc) is 2.38. The molecule has 0 aromatic heterocycles. The standard InChI is InChI=1S/C15H22BrNO/c1-10(2)13-7-12(16)8-14(15(13)18-3)11-5-4-6-17-9-11/h7-8,10-11,17H,4-6,9H2,1-3H3. The molecule has 1 fully saturated rings. The summed E-state index contributed by atoms with van der Waals surface area (Å²) in [6.45, 7) is 6.63. The van der Waals surface area contributed by atoms with Crippen molar-refractivity contribution in [3.8, 4) is 5.75 Å². The molecule has 0 spiro atoms. The molecule has 1 unspecified atom stereocenters. The Bertz CT molecular complexity index is 411. The molecule has 0 radical (unpaired) electrons. The monoisotopic (exact) mass is 311 g/mol. The fourth-order valence-corrected chi connectivity index (χ4v) is 3.21. The predicted octanol–water partition coefficient (Wildman–Crippen LogP) is 4.05. The summed E-state index contributed by atoms with van der Waals surface area (Å²) in [5.74, 6) is 2.14. The summed E-state index contributed by atoms with van der Waals surface area (Å²) in [7, 11) is 1.79. The van der Waals surface area contributed by atoms with Crippen LogP contribution in [0.25, 0.3) is 0 Å². The minimum atomic E-state index is 0.479. The van der Waals surface area contributed by atoms with Gasteiger partial charge in [-0.3, -0.25) is 0 Å². The number of methoxy groups -OCH3 is 1. The summed E-state index contributed by atoms with van der Waals surface area (Å²) in [6, 6.07) is 4.41. The molecule has 1 saturated heterocycles. The summed E-state index contributed by atoms with van der Waals surface area (Å²) >= 11 is 3.64. The lowest BCUT2D eigenvalue weighted by molar-refractivity contribution is 0.386. The highest BCUT2D eigenvalue weighted by Crippen LogP contribution is 2.39. The summed E-state index contributed by atoms with van der Waals surface area (Å²) in [5.41, 5.74) is 2.65. The van der Waals surface area contributed by atoms with Crippen molar-refractivity contribution in [3.05, 3.63) is 27.7 Å². The number of hydrogen-bond acceptors (Lipinski definition) is 2. The second kappa shape index (κ2) is 6.07. The van der Waals surface area contributed by atoms with Crippen LogP contribution in [0.2, 0.25) is 0 Å². The molecule has 0 saturated carbocycles. The molecule has 1 aliphatic heterocycles. The smallest absolute Gasteiger partial charge is 0.125 e. The summed E-state index contributed by atoms with van der Waals surface area (Å²) in [4.78, 5) is 0. The maximum Gasteiger partial charge on any atom is 0.125 e. The van der Waals surface area contributed by atoms with Crippen LogP contribution in [0.4, 0.5) is 0 Å². The van der Waals surface area contributed by atoms with Crippen molar-refractivity contribution in [1.29, 1.82) is 0 Å². The van der Waals surface area contributed by atoms with E-state index >= 15 is 0 Å². The van der Waals surface area contributed by atoms with Crippen LogP contribution in [0.15, 0.2) is 16.6 Å². The van der Waals surface area contributed by atoms with Crippen LogP contribution in [-0.4, -0.2) is 20.2 Å². The number of halogens is 1. The molecule has 2 rings (SSSR count). The highest BCUT2D eigenvalue weighted by atomic mass is 79.9. The predicted molar refractivity (Wildman–Crippen MR) is 79.6 cm³/mol. The molecule has 0 aliphatic carbocycles. The quantitative estimate of drug-likeness (QED) is 0.909. The highest BCUT2D eigenvalue weighted by molar-refractivity contribution is 9.10. The van der Waals surface area contributed by atoms with Gasteiger partial charge in [-0.1, -0.05) is 29.8 Å². The third-order valence-corrected chi connectivity index (χ3v) is 4.13. The lowest BCUT2D eigenvalue weighted by Crippen LogP contribution is -2.28. The molecule has 1 N–H and O–H groups in total. The van der Waals surface area contributed by atoms with Crippen LogP contribution in [0.5, 0.6) is 5.75 Å². The van der Waals surface area contributed by atoms with Crippen LogP contribution >= 0.6 is 15.9 Å². The Labute approximate surface area is 118 Å². The van der Waals surface area contributed by atoms with Gasteiger partial charge in [0.05, 0.1) is 7.11 Å². The second-order valence-corrected chi connectivity index (χ2v) is 6.23. The van der Waals surface area contributed by atoms with Gasteiger partial charge in [-0.2, -0.15) is 0 Å². The highest BCUT2D eigenvalue weighted by Gasteiger charge is 2.22. The molecule has 0 bridgehead atoms. The third kappa shape index (κ3) is 2.89. The first-order valence-electron chi connectivity index (χ1n) is 6.71. The van der Waals surface area contributed by atoms with Gasteiger partial charge in [-0.15, -0.1) is 0 Å². The second-order valence-electron chi connectivity index (χ2n) is 5.32. The number of ether oxygens (including phenoxy) is 1. The van der Waals surface area contributed by atoms with Crippen molar-refractivity contribution in [1.82, 2.24) is 5.32 Å². The van der Waals surface area contributed by atoms with Gasteiger partial charge in [-0.25, -0.2) is 0 Å². The molecule has 1 aromatic carbocycles. The maximum atomic E-state index is 5.70. The van der Waals surface area contributed by atoms with Gasteiger partial charge < -0.3 is 10.1 Å². The van der Waals surface area contributed by atoms with Gasteiger partial charge in [0.25, 0.3) is 0 Å². The van der Waals surface area contributed by atoms with Crippen molar-refractivity contribution >= 4 is 15.9 Å². The van der Waals surface area contributed by atoms with E-state index in [0.717, 1.165) is 23.3 Å². The summed E-state index contributed by atoms with van der Waals surface area (Å²) in [6.07, 6.45) is 2.49. The lowest BCUT2D eigenvalue weighted by atomic mass is 9.88. The van der Waals surface area contributed by atoms with Gasteiger partial charge in [0, 0.05) is 16.9 Å². The summed E-state index contributed by atoms with van der Waals surface area (Å²) in [5, 5.41) is 3.48. The Balaban J connectivity index is 2.43. The van der Waals surface area contributed by atoms with Crippen molar-refractivity contribution in [2.45, 2.75) is 38.5 Å². The summed E-state index contributed by atoms with van der Waals surface area (Å²) < 4.78 is 6.86. The van der Waals surface area contributed by atoms with E-state index < -0.39 is 0 Å². The Morgan fingerprint density at radius 3 is 2.72 bits per heavy atom. The molecular formula is C15H22BrNO. The first kappa shape index (κ1) is 13.9. The van der Waals surface area contributed by atoms with Crippen LogP contribution < -0.4 is 10.1 Å². The van der Waals surface area contributed by atoms with Gasteiger partial charge >= 0.3 is 0 Å². The molecule has 3 heteroatoms.